The van der Waals surface area contributed by atoms with Gasteiger partial charge in [-0.1, -0.05) is 105 Å². The van der Waals surface area contributed by atoms with Gasteiger partial charge in [0.05, 0.1) is 0 Å². The molecule has 8 heterocycles. The monoisotopic (exact) mass is 1090 g/mol. The van der Waals surface area contributed by atoms with Crippen LogP contribution in [0, 0.1) is 11.3 Å². The second-order valence-corrected chi connectivity index (χ2v) is 27.0. The molecule has 0 aliphatic carbocycles. The molecule has 8 aromatic rings. The van der Waals surface area contributed by atoms with Gasteiger partial charge in [0.15, 0.2) is 0 Å². The average Bonchev–Trinajstić information content (AvgIpc) is 4.23. The summed E-state index contributed by atoms with van der Waals surface area (Å²) >= 11 is 15.1. The number of nitriles is 1. The van der Waals surface area contributed by atoms with E-state index in [1.165, 1.54) is 199 Å². The number of aryl methyl sites for hydroxylation is 4. The minimum Gasteiger partial charge on any atom is -0.477 e. The van der Waals surface area contributed by atoms with E-state index in [4.69, 9.17) is 0 Å². The molecular formula is C60H67NO2S8. The number of thiophene rings is 8. The maximum absolute atomic E-state index is 11.7. The first-order valence-corrected chi connectivity index (χ1v) is 32.6. The van der Waals surface area contributed by atoms with Crippen LogP contribution in [0.5, 0.6) is 0 Å². The number of carboxylic acid groups (broad SMARTS) is 1. The van der Waals surface area contributed by atoms with Gasteiger partial charge >= 0.3 is 5.97 Å². The minimum absolute atomic E-state index is 0.228. The molecule has 0 atom stereocenters. The number of hydrogen-bond acceptors (Lipinski definition) is 10. The fraction of sp³-hybridized carbons (Fsp3) is 0.400. The Labute approximate surface area is 455 Å². The molecule has 0 saturated heterocycles. The van der Waals surface area contributed by atoms with Crippen molar-refractivity contribution >= 4 is 103 Å². The maximum atomic E-state index is 11.7. The van der Waals surface area contributed by atoms with Gasteiger partial charge < -0.3 is 5.11 Å². The zero-order valence-corrected chi connectivity index (χ0v) is 48.3. The molecule has 0 saturated carbocycles. The summed E-state index contributed by atoms with van der Waals surface area (Å²) in [7, 11) is 0. The van der Waals surface area contributed by atoms with Gasteiger partial charge in [-0.15, -0.1) is 90.7 Å². The van der Waals surface area contributed by atoms with E-state index in [-0.39, 0.29) is 5.57 Å². The van der Waals surface area contributed by atoms with Crippen LogP contribution in [0.15, 0.2) is 83.7 Å². The van der Waals surface area contributed by atoms with Crippen LogP contribution in [-0.4, -0.2) is 11.1 Å². The van der Waals surface area contributed by atoms with E-state index in [0.717, 1.165) is 30.6 Å². The van der Waals surface area contributed by atoms with Crippen molar-refractivity contribution < 1.29 is 9.90 Å². The molecule has 3 nitrogen and oxygen atoms in total. The number of carbonyl (C=O) groups is 1. The van der Waals surface area contributed by atoms with E-state index in [1.807, 2.05) is 85.4 Å². The van der Waals surface area contributed by atoms with Crippen LogP contribution in [0.4, 0.5) is 0 Å². The summed E-state index contributed by atoms with van der Waals surface area (Å²) < 4.78 is 0. The summed E-state index contributed by atoms with van der Waals surface area (Å²) in [5, 5.41) is 21.4. The van der Waals surface area contributed by atoms with Crippen LogP contribution in [0.3, 0.4) is 0 Å². The van der Waals surface area contributed by atoms with Gasteiger partial charge in [-0.2, -0.15) is 5.26 Å². The SMILES string of the molecule is CCCCCCc1ccsc1-c1ccc(-c2ccc(-c3cc(CCCCCC)c(-c4cc(CCCCCC)c(-c5ccc(-c6ccc(-c7sc(/C=C(\C#N)C(=O)O)cc7CCCCCC)s6)s5)s4)s3)s2)s1. The Hall–Kier alpha value is -3.70. The summed E-state index contributed by atoms with van der Waals surface area (Å²) in [5.74, 6) is -1.18. The van der Waals surface area contributed by atoms with Crippen LogP contribution in [0.25, 0.3) is 74.4 Å². The lowest BCUT2D eigenvalue weighted by Gasteiger charge is -2.02. The van der Waals surface area contributed by atoms with Crippen molar-refractivity contribution in [3.8, 4) is 74.3 Å². The Morgan fingerprint density at radius 1 is 0.437 bits per heavy atom. The Kier molecular flexibility index (Phi) is 20.4. The summed E-state index contributed by atoms with van der Waals surface area (Å²) in [4.78, 5) is 31.5. The van der Waals surface area contributed by atoms with Gasteiger partial charge in [0.2, 0.25) is 0 Å². The quantitative estimate of drug-likeness (QED) is 0.0289. The Bertz CT molecular complexity index is 3010. The van der Waals surface area contributed by atoms with E-state index in [9.17, 15) is 15.2 Å². The van der Waals surface area contributed by atoms with E-state index in [2.05, 4.69) is 106 Å². The van der Waals surface area contributed by atoms with E-state index in [0.29, 0.717) is 0 Å². The van der Waals surface area contributed by atoms with E-state index in [1.54, 1.807) is 11.3 Å². The molecule has 8 rings (SSSR count). The number of nitrogens with zero attached hydrogens (tertiary/aromatic N) is 1. The maximum Gasteiger partial charge on any atom is 0.346 e. The molecule has 0 bridgehead atoms. The van der Waals surface area contributed by atoms with Gasteiger partial charge in [-0.25, -0.2) is 4.79 Å². The summed E-state index contributed by atoms with van der Waals surface area (Å²) in [6, 6.07) is 30.0. The van der Waals surface area contributed by atoms with E-state index < -0.39 is 5.97 Å². The Morgan fingerprint density at radius 2 is 0.817 bits per heavy atom. The standard InChI is InChI=1S/C60H67NO2S8/c1-5-9-13-17-21-40-33-34-64-56(40)51-30-27-47(67-51)46-25-26-50(66-46)54-37-42(23-19-15-11-7-3)59(70-54)55-38-43(24-20-16-12-8-4)58(71-55)53-32-29-49(69-53)48-28-31-52(68-48)57-41(22-18-14-10-6-2)35-45(65-57)36-44(39-61)60(62)63/h25-38H,5-24H2,1-4H3,(H,62,63)/b44-36+. The van der Waals surface area contributed by atoms with Gasteiger partial charge in [0.1, 0.15) is 11.6 Å². The predicted octanol–water partition coefficient (Wildman–Crippen LogP) is 22.3. The van der Waals surface area contributed by atoms with Crippen molar-refractivity contribution in [3.63, 3.8) is 0 Å². The van der Waals surface area contributed by atoms with Gasteiger partial charge in [0, 0.05) is 73.2 Å². The fourth-order valence-corrected chi connectivity index (χ4v) is 18.6. The lowest BCUT2D eigenvalue weighted by atomic mass is 10.0. The molecular weight excluding hydrogens is 1020 g/mol. The van der Waals surface area contributed by atoms with Crippen molar-refractivity contribution in [2.45, 2.75) is 156 Å². The third kappa shape index (κ3) is 13.9. The fourth-order valence-electron chi connectivity index (χ4n) is 9.18. The second kappa shape index (κ2) is 27.0. The number of carboxylic acids is 1. The number of rotatable bonds is 29. The van der Waals surface area contributed by atoms with Crippen molar-refractivity contribution in [1.82, 2.24) is 0 Å². The van der Waals surface area contributed by atoms with Crippen LogP contribution in [0.1, 0.15) is 158 Å². The molecule has 0 amide bonds. The van der Waals surface area contributed by atoms with Crippen LogP contribution >= 0.6 is 90.7 Å². The lowest BCUT2D eigenvalue weighted by molar-refractivity contribution is -0.132. The first-order valence-electron chi connectivity index (χ1n) is 26.0. The van der Waals surface area contributed by atoms with Gasteiger partial charge in [0.25, 0.3) is 0 Å². The Balaban J connectivity index is 1.07. The van der Waals surface area contributed by atoms with Crippen molar-refractivity contribution in [2.24, 2.45) is 0 Å². The first kappa shape index (κ1) is 53.6. The van der Waals surface area contributed by atoms with Gasteiger partial charge in [-0.3, -0.25) is 0 Å². The average molecular weight is 1090 g/mol. The molecule has 11 heteroatoms. The number of unbranched alkanes of at least 4 members (excludes halogenated alkanes) is 12. The lowest BCUT2D eigenvalue weighted by Crippen LogP contribution is -1.96. The van der Waals surface area contributed by atoms with Crippen LogP contribution in [0.2, 0.25) is 0 Å². The number of aliphatic carboxylic acids is 1. The molecule has 0 unspecified atom stereocenters. The molecule has 0 aliphatic heterocycles. The molecule has 0 radical (unpaired) electrons. The third-order valence-corrected chi connectivity index (χ3v) is 23.2. The highest BCUT2D eigenvalue weighted by Gasteiger charge is 2.22. The minimum atomic E-state index is -1.18. The molecule has 372 valence electrons. The summed E-state index contributed by atoms with van der Waals surface area (Å²) in [5.41, 5.74) is 5.52. The first-order chi connectivity index (χ1) is 34.8. The molecule has 0 aliphatic rings. The van der Waals surface area contributed by atoms with E-state index >= 15 is 0 Å². The largest absolute Gasteiger partial charge is 0.477 e. The predicted molar refractivity (Wildman–Crippen MR) is 320 cm³/mol. The third-order valence-electron chi connectivity index (χ3n) is 13.1. The topological polar surface area (TPSA) is 61.1 Å². The smallest absolute Gasteiger partial charge is 0.346 e. The number of hydrogen-bond donors (Lipinski definition) is 1. The second-order valence-electron chi connectivity index (χ2n) is 18.6. The van der Waals surface area contributed by atoms with Crippen molar-refractivity contribution in [3.05, 3.63) is 111 Å². The summed E-state index contributed by atoms with van der Waals surface area (Å²) in [6.45, 7) is 9.12. The zero-order valence-electron chi connectivity index (χ0n) is 41.8. The zero-order chi connectivity index (χ0) is 49.5. The van der Waals surface area contributed by atoms with Crippen LogP contribution < -0.4 is 0 Å². The molecule has 0 fully saturated rings. The Morgan fingerprint density at radius 3 is 1.30 bits per heavy atom. The van der Waals surface area contributed by atoms with Crippen LogP contribution in [-0.2, 0) is 30.5 Å². The summed E-state index contributed by atoms with van der Waals surface area (Å²) in [6.07, 6.45) is 25.7. The van der Waals surface area contributed by atoms with Crippen molar-refractivity contribution in [2.75, 3.05) is 0 Å². The van der Waals surface area contributed by atoms with Crippen molar-refractivity contribution in [1.29, 1.82) is 5.26 Å². The molecule has 1 N–H and O–H groups in total. The molecule has 0 spiro atoms. The highest BCUT2D eigenvalue weighted by molar-refractivity contribution is 7.31. The highest BCUT2D eigenvalue weighted by Crippen LogP contribution is 2.51. The van der Waals surface area contributed by atoms with Gasteiger partial charge in [-0.05, 0) is 158 Å². The normalized spacial score (nSPS) is 11.8. The highest BCUT2D eigenvalue weighted by atomic mass is 32.1. The molecule has 71 heavy (non-hydrogen) atoms. The molecule has 0 aromatic carbocycles. The molecule has 8 aromatic heterocycles.